The Morgan fingerprint density at radius 3 is 0.928 bits per heavy atom. The Morgan fingerprint density at radius 2 is 0.565 bits per heavy atom. The number of unbranched alkanes of at least 4 members (excludes halogenated alkanes) is 27. The first-order valence-corrected chi connectivity index (χ1v) is 29.1. The summed E-state index contributed by atoms with van der Waals surface area (Å²) < 4.78 is 16.8. The molecule has 0 spiro atoms. The van der Waals surface area contributed by atoms with Gasteiger partial charge >= 0.3 is 17.9 Å². The molecule has 0 saturated carbocycles. The van der Waals surface area contributed by atoms with Crippen LogP contribution < -0.4 is 0 Å². The van der Waals surface area contributed by atoms with Crippen LogP contribution in [-0.4, -0.2) is 37.2 Å². The molecule has 0 radical (unpaired) electrons. The Morgan fingerprint density at radius 1 is 0.304 bits per heavy atom. The average molecular weight is 962 g/mol. The van der Waals surface area contributed by atoms with E-state index in [-0.39, 0.29) is 31.1 Å². The van der Waals surface area contributed by atoms with Crippen LogP contribution in [0.1, 0.15) is 278 Å². The van der Waals surface area contributed by atoms with Crippen molar-refractivity contribution >= 4 is 17.9 Å². The van der Waals surface area contributed by atoms with Crippen molar-refractivity contribution in [2.24, 2.45) is 0 Å². The summed E-state index contributed by atoms with van der Waals surface area (Å²) >= 11 is 0. The van der Waals surface area contributed by atoms with Crippen molar-refractivity contribution in [3.05, 3.63) is 85.1 Å². The highest BCUT2D eigenvalue weighted by Gasteiger charge is 2.19. The number of carbonyl (C=O) groups is 3. The lowest BCUT2D eigenvalue weighted by Crippen LogP contribution is -2.30. The quantitative estimate of drug-likeness (QED) is 0.0262. The van der Waals surface area contributed by atoms with Crippen LogP contribution in [0.2, 0.25) is 0 Å². The highest BCUT2D eigenvalue weighted by atomic mass is 16.6. The van der Waals surface area contributed by atoms with Gasteiger partial charge in [-0.1, -0.05) is 247 Å². The first-order valence-electron chi connectivity index (χ1n) is 29.1. The van der Waals surface area contributed by atoms with E-state index in [2.05, 4.69) is 106 Å². The zero-order valence-electron chi connectivity index (χ0n) is 45.3. The standard InChI is InChI=1S/C63H108O6/c1-4-7-10-13-16-19-22-25-26-27-28-29-30-31-32-33-34-35-36-37-38-39-42-44-47-50-53-56-62(65)68-59-60(69-63(66)57-54-51-48-45-41-24-21-18-15-12-9-6-3)58-67-61(64)55-52-49-46-43-40-23-20-17-14-11-8-5-2/h7,10,16,18-19,21,25-26,28-29,31-32,34-35,60H,4-6,8-9,11-15,17,20,22-24,27,30,33,36-59H2,1-3H3/b10-7-,19-16-,21-18-,26-25-,29-28-,32-31-,35-34-. The highest BCUT2D eigenvalue weighted by molar-refractivity contribution is 5.71. The fourth-order valence-corrected chi connectivity index (χ4v) is 8.03. The molecule has 0 amide bonds. The zero-order chi connectivity index (χ0) is 50.0. The second kappa shape index (κ2) is 57.2. The zero-order valence-corrected chi connectivity index (χ0v) is 45.3. The number of esters is 3. The number of hydrogen-bond donors (Lipinski definition) is 0. The molecule has 0 saturated heterocycles. The third-order valence-corrected chi connectivity index (χ3v) is 12.4. The van der Waals surface area contributed by atoms with Crippen molar-refractivity contribution in [1.82, 2.24) is 0 Å². The Hall–Kier alpha value is -3.41. The number of ether oxygens (including phenoxy) is 3. The molecule has 0 aromatic rings. The van der Waals surface area contributed by atoms with Crippen LogP contribution in [0, 0.1) is 0 Å². The van der Waals surface area contributed by atoms with Crippen LogP contribution in [0.3, 0.4) is 0 Å². The smallest absolute Gasteiger partial charge is 0.306 e. The summed E-state index contributed by atoms with van der Waals surface area (Å²) in [4.78, 5) is 38.1. The van der Waals surface area contributed by atoms with E-state index in [0.717, 1.165) is 116 Å². The SMILES string of the molecule is CC/C=C\C/C=C\C/C=C\C/C=C\C/C=C\C/C=C\CCCCCCCCCCC(=O)OCC(COC(=O)CCCCCCCCCCCCCC)OC(=O)CCCCCCC/C=C\CCCCC. The number of allylic oxidation sites excluding steroid dienone is 14. The molecule has 0 aromatic heterocycles. The third-order valence-electron chi connectivity index (χ3n) is 12.4. The van der Waals surface area contributed by atoms with E-state index in [1.807, 2.05) is 0 Å². The first-order chi connectivity index (χ1) is 34.0. The van der Waals surface area contributed by atoms with Crippen molar-refractivity contribution < 1.29 is 28.6 Å². The molecule has 0 heterocycles. The summed E-state index contributed by atoms with van der Waals surface area (Å²) in [6, 6.07) is 0. The van der Waals surface area contributed by atoms with E-state index >= 15 is 0 Å². The van der Waals surface area contributed by atoms with Crippen LogP contribution in [0.15, 0.2) is 85.1 Å². The summed E-state index contributed by atoms with van der Waals surface area (Å²) in [6.45, 7) is 6.49. The Balaban J connectivity index is 4.26. The summed E-state index contributed by atoms with van der Waals surface area (Å²) in [6.07, 6.45) is 74.3. The molecule has 0 aromatic carbocycles. The lowest BCUT2D eigenvalue weighted by atomic mass is 10.0. The van der Waals surface area contributed by atoms with E-state index < -0.39 is 6.10 Å². The largest absolute Gasteiger partial charge is 0.462 e. The molecule has 6 heteroatoms. The Kier molecular flexibility index (Phi) is 54.3. The molecule has 0 aliphatic carbocycles. The Labute approximate surface area is 426 Å². The lowest BCUT2D eigenvalue weighted by Gasteiger charge is -2.18. The molecule has 6 nitrogen and oxygen atoms in total. The van der Waals surface area contributed by atoms with Gasteiger partial charge in [-0.05, 0) is 96.3 Å². The van der Waals surface area contributed by atoms with Gasteiger partial charge in [0.05, 0.1) is 0 Å². The topological polar surface area (TPSA) is 78.9 Å². The van der Waals surface area contributed by atoms with Crippen molar-refractivity contribution in [3.8, 4) is 0 Å². The van der Waals surface area contributed by atoms with Gasteiger partial charge in [0.2, 0.25) is 0 Å². The molecule has 396 valence electrons. The van der Waals surface area contributed by atoms with Gasteiger partial charge in [0.25, 0.3) is 0 Å². The monoisotopic (exact) mass is 961 g/mol. The Bertz CT molecular complexity index is 1330. The second-order valence-electron chi connectivity index (χ2n) is 19.2. The van der Waals surface area contributed by atoms with Gasteiger partial charge < -0.3 is 14.2 Å². The van der Waals surface area contributed by atoms with Gasteiger partial charge in [0, 0.05) is 19.3 Å². The van der Waals surface area contributed by atoms with Gasteiger partial charge in [0.1, 0.15) is 13.2 Å². The lowest BCUT2D eigenvalue weighted by molar-refractivity contribution is -0.167. The van der Waals surface area contributed by atoms with Gasteiger partial charge in [-0.3, -0.25) is 14.4 Å². The van der Waals surface area contributed by atoms with E-state index in [1.54, 1.807) is 0 Å². The molecule has 0 aliphatic rings. The van der Waals surface area contributed by atoms with Crippen molar-refractivity contribution in [3.63, 3.8) is 0 Å². The van der Waals surface area contributed by atoms with Gasteiger partial charge in [0.15, 0.2) is 6.10 Å². The van der Waals surface area contributed by atoms with Crippen LogP contribution in [0.25, 0.3) is 0 Å². The number of carbonyl (C=O) groups excluding carboxylic acids is 3. The molecule has 0 bridgehead atoms. The predicted molar refractivity (Wildman–Crippen MR) is 297 cm³/mol. The molecule has 0 fully saturated rings. The molecular formula is C63H108O6. The van der Waals surface area contributed by atoms with E-state index in [9.17, 15) is 14.4 Å². The van der Waals surface area contributed by atoms with Gasteiger partial charge in [-0.15, -0.1) is 0 Å². The predicted octanol–water partition coefficient (Wildman–Crippen LogP) is 19.5. The minimum absolute atomic E-state index is 0.0799. The van der Waals surface area contributed by atoms with Crippen molar-refractivity contribution in [2.45, 2.75) is 284 Å². The fourth-order valence-electron chi connectivity index (χ4n) is 8.03. The minimum Gasteiger partial charge on any atom is -0.462 e. The van der Waals surface area contributed by atoms with Crippen molar-refractivity contribution in [2.75, 3.05) is 13.2 Å². The minimum atomic E-state index is -0.782. The van der Waals surface area contributed by atoms with Crippen LogP contribution in [0.5, 0.6) is 0 Å². The highest BCUT2D eigenvalue weighted by Crippen LogP contribution is 2.15. The third kappa shape index (κ3) is 55.4. The van der Waals surface area contributed by atoms with E-state index in [4.69, 9.17) is 14.2 Å². The molecule has 1 unspecified atom stereocenters. The van der Waals surface area contributed by atoms with E-state index in [1.165, 1.54) is 122 Å². The van der Waals surface area contributed by atoms with Crippen LogP contribution in [-0.2, 0) is 28.6 Å². The number of rotatable bonds is 52. The summed E-state index contributed by atoms with van der Waals surface area (Å²) in [5.41, 5.74) is 0. The van der Waals surface area contributed by atoms with Gasteiger partial charge in [-0.2, -0.15) is 0 Å². The maximum atomic E-state index is 12.8. The summed E-state index contributed by atoms with van der Waals surface area (Å²) in [5, 5.41) is 0. The van der Waals surface area contributed by atoms with Crippen LogP contribution >= 0.6 is 0 Å². The molecular weight excluding hydrogens is 853 g/mol. The second-order valence-corrected chi connectivity index (χ2v) is 19.2. The molecule has 0 N–H and O–H groups in total. The maximum Gasteiger partial charge on any atom is 0.306 e. The molecule has 69 heavy (non-hydrogen) atoms. The summed E-state index contributed by atoms with van der Waals surface area (Å²) in [7, 11) is 0. The van der Waals surface area contributed by atoms with Crippen molar-refractivity contribution in [1.29, 1.82) is 0 Å². The molecule has 0 aliphatic heterocycles. The van der Waals surface area contributed by atoms with Crippen LogP contribution in [0.4, 0.5) is 0 Å². The molecule has 1 atom stereocenters. The molecule has 0 rings (SSSR count). The number of hydrogen-bond acceptors (Lipinski definition) is 6. The maximum absolute atomic E-state index is 12.8. The summed E-state index contributed by atoms with van der Waals surface area (Å²) in [5.74, 6) is -0.893. The normalized spacial score (nSPS) is 12.7. The van der Waals surface area contributed by atoms with Gasteiger partial charge in [-0.25, -0.2) is 0 Å². The fraction of sp³-hybridized carbons (Fsp3) is 0.730. The first kappa shape index (κ1) is 65.6. The average Bonchev–Trinajstić information content (AvgIpc) is 3.35. The van der Waals surface area contributed by atoms with E-state index in [0.29, 0.717) is 19.3 Å².